The van der Waals surface area contributed by atoms with Gasteiger partial charge in [-0.25, -0.2) is 0 Å². The fourth-order valence-electron chi connectivity index (χ4n) is 2.24. The highest BCUT2D eigenvalue weighted by Gasteiger charge is 2.38. The van der Waals surface area contributed by atoms with E-state index in [1.165, 1.54) is 4.90 Å². The van der Waals surface area contributed by atoms with Gasteiger partial charge in [0.1, 0.15) is 0 Å². The van der Waals surface area contributed by atoms with Crippen molar-refractivity contribution in [2.24, 2.45) is 5.41 Å². The zero-order valence-electron chi connectivity index (χ0n) is 12.1. The quantitative estimate of drug-likeness (QED) is 0.717. The number of rotatable bonds is 3. The van der Waals surface area contributed by atoms with Crippen molar-refractivity contribution < 1.29 is 13.2 Å². The van der Waals surface area contributed by atoms with Crippen molar-refractivity contribution in [3.05, 3.63) is 0 Å². The van der Waals surface area contributed by atoms with E-state index in [1.807, 2.05) is 27.7 Å². The zero-order chi connectivity index (χ0) is 14.1. The number of hydrogen-bond donors (Lipinski definition) is 0. The molecule has 0 aliphatic heterocycles. The highest BCUT2D eigenvalue weighted by Crippen LogP contribution is 2.30. The van der Waals surface area contributed by atoms with Crippen LogP contribution in [0.4, 0.5) is 13.2 Å². The van der Waals surface area contributed by atoms with Crippen LogP contribution in [0.1, 0.15) is 54.9 Å². The molecular weight excluding hydrogens is 227 g/mol. The van der Waals surface area contributed by atoms with Gasteiger partial charge in [-0.1, -0.05) is 20.8 Å². The minimum atomic E-state index is -4.14. The molecule has 0 heterocycles. The van der Waals surface area contributed by atoms with Gasteiger partial charge >= 0.3 is 6.18 Å². The average molecular weight is 253 g/mol. The van der Waals surface area contributed by atoms with Crippen LogP contribution in [0.15, 0.2) is 0 Å². The first-order valence-corrected chi connectivity index (χ1v) is 6.06. The summed E-state index contributed by atoms with van der Waals surface area (Å²) in [5.74, 6) is 0. The van der Waals surface area contributed by atoms with Crippen molar-refractivity contribution in [1.29, 1.82) is 0 Å². The van der Waals surface area contributed by atoms with Gasteiger partial charge in [-0.05, 0) is 39.5 Å². The first kappa shape index (κ1) is 16.8. The molecule has 0 rings (SSSR count). The van der Waals surface area contributed by atoms with Crippen LogP contribution in [0.25, 0.3) is 0 Å². The first-order valence-electron chi connectivity index (χ1n) is 6.06. The van der Waals surface area contributed by atoms with Crippen molar-refractivity contribution >= 4 is 0 Å². The van der Waals surface area contributed by atoms with E-state index in [9.17, 15) is 13.2 Å². The van der Waals surface area contributed by atoms with Crippen LogP contribution in [0.3, 0.4) is 0 Å². The maximum atomic E-state index is 12.6. The Morgan fingerprint density at radius 1 is 0.941 bits per heavy atom. The number of hydrogen-bond acceptors (Lipinski definition) is 1. The molecule has 104 valence electrons. The Labute approximate surface area is 103 Å². The molecule has 0 amide bonds. The topological polar surface area (TPSA) is 3.24 Å². The van der Waals surface area contributed by atoms with Crippen molar-refractivity contribution in [3.63, 3.8) is 0 Å². The third kappa shape index (κ3) is 7.63. The molecule has 0 bridgehead atoms. The average Bonchev–Trinajstić information content (AvgIpc) is 1.92. The number of alkyl halides is 3. The Kier molecular flexibility index (Phi) is 5.09. The number of nitrogens with zero attached hydrogens (tertiary/aromatic N) is 1. The fourth-order valence-corrected chi connectivity index (χ4v) is 2.24. The first-order chi connectivity index (χ1) is 7.22. The Bertz CT molecular complexity index is 233. The molecule has 1 atom stereocenters. The highest BCUT2D eigenvalue weighted by atomic mass is 19.4. The predicted octanol–water partition coefficient (Wildman–Crippen LogP) is 4.47. The van der Waals surface area contributed by atoms with E-state index < -0.39 is 18.3 Å². The van der Waals surface area contributed by atoms with E-state index in [0.29, 0.717) is 0 Å². The van der Waals surface area contributed by atoms with Gasteiger partial charge in [-0.3, -0.25) is 4.90 Å². The van der Waals surface area contributed by atoms with Crippen molar-refractivity contribution in [2.75, 3.05) is 6.54 Å². The third-order valence-corrected chi connectivity index (χ3v) is 2.65. The van der Waals surface area contributed by atoms with Crippen molar-refractivity contribution in [2.45, 2.75) is 72.6 Å². The fraction of sp³-hybridized carbons (Fsp3) is 1.00. The molecule has 0 N–H and O–H groups in total. The van der Waals surface area contributed by atoms with Gasteiger partial charge in [0.25, 0.3) is 0 Å². The summed E-state index contributed by atoms with van der Waals surface area (Å²) in [6, 6.07) is -0.0865. The van der Waals surface area contributed by atoms with Crippen molar-refractivity contribution in [3.8, 4) is 0 Å². The molecule has 0 aromatic rings. The Hall–Kier alpha value is -0.250. The van der Waals surface area contributed by atoms with Crippen LogP contribution >= 0.6 is 0 Å². The van der Waals surface area contributed by atoms with Crippen LogP contribution in [-0.2, 0) is 0 Å². The summed E-state index contributed by atoms with van der Waals surface area (Å²) < 4.78 is 37.8. The molecule has 0 aromatic carbocycles. The standard InChI is InChI=1S/C13H26F3N/c1-10(8-11(2,3)4)17(12(5,6)7)9-13(14,15)16/h10H,8-9H2,1-7H3. The summed E-state index contributed by atoms with van der Waals surface area (Å²) in [6.45, 7) is 12.7. The molecular formula is C13H26F3N. The van der Waals surface area contributed by atoms with Crippen LogP contribution < -0.4 is 0 Å². The van der Waals surface area contributed by atoms with E-state index in [4.69, 9.17) is 0 Å². The minimum Gasteiger partial charge on any atom is -0.287 e. The van der Waals surface area contributed by atoms with E-state index in [-0.39, 0.29) is 11.5 Å². The molecule has 1 nitrogen and oxygen atoms in total. The van der Waals surface area contributed by atoms with Crippen LogP contribution in [0.2, 0.25) is 0 Å². The van der Waals surface area contributed by atoms with E-state index in [2.05, 4.69) is 20.8 Å². The van der Waals surface area contributed by atoms with Gasteiger partial charge in [0.2, 0.25) is 0 Å². The molecule has 0 radical (unpaired) electrons. The number of halogens is 3. The van der Waals surface area contributed by atoms with Gasteiger partial charge in [0, 0.05) is 11.6 Å². The molecule has 0 spiro atoms. The molecule has 4 heteroatoms. The van der Waals surface area contributed by atoms with Gasteiger partial charge in [0.15, 0.2) is 0 Å². The van der Waals surface area contributed by atoms with E-state index >= 15 is 0 Å². The van der Waals surface area contributed by atoms with Crippen LogP contribution in [0.5, 0.6) is 0 Å². The molecule has 1 unspecified atom stereocenters. The molecule has 0 fully saturated rings. The van der Waals surface area contributed by atoms with Gasteiger partial charge in [-0.15, -0.1) is 0 Å². The second kappa shape index (κ2) is 5.17. The molecule has 0 aliphatic carbocycles. The lowest BCUT2D eigenvalue weighted by molar-refractivity contribution is -0.163. The lowest BCUT2D eigenvalue weighted by Crippen LogP contribution is -2.52. The van der Waals surface area contributed by atoms with Gasteiger partial charge in [0.05, 0.1) is 6.54 Å². The highest BCUT2D eigenvalue weighted by molar-refractivity contribution is 4.85. The second-order valence-corrected chi connectivity index (χ2v) is 7.03. The molecule has 0 aliphatic rings. The summed E-state index contributed by atoms with van der Waals surface area (Å²) in [7, 11) is 0. The summed E-state index contributed by atoms with van der Waals surface area (Å²) in [5, 5.41) is 0. The summed E-state index contributed by atoms with van der Waals surface area (Å²) in [5.41, 5.74) is -0.436. The monoisotopic (exact) mass is 253 g/mol. The van der Waals surface area contributed by atoms with Gasteiger partial charge < -0.3 is 0 Å². The van der Waals surface area contributed by atoms with E-state index in [0.717, 1.165) is 6.42 Å². The molecule has 17 heavy (non-hydrogen) atoms. The lowest BCUT2D eigenvalue weighted by Gasteiger charge is -2.42. The van der Waals surface area contributed by atoms with E-state index in [1.54, 1.807) is 0 Å². The molecule has 0 aromatic heterocycles. The normalized spacial score (nSPS) is 16.4. The predicted molar refractivity (Wildman–Crippen MR) is 66.0 cm³/mol. The Morgan fingerprint density at radius 2 is 1.35 bits per heavy atom. The summed E-state index contributed by atoms with van der Waals surface area (Å²) in [6.07, 6.45) is -3.39. The maximum absolute atomic E-state index is 12.6. The Balaban J connectivity index is 4.82. The minimum absolute atomic E-state index is 0.0362. The van der Waals surface area contributed by atoms with Gasteiger partial charge in [-0.2, -0.15) is 13.2 Å². The molecule has 0 saturated heterocycles. The van der Waals surface area contributed by atoms with Crippen molar-refractivity contribution in [1.82, 2.24) is 4.90 Å². The van der Waals surface area contributed by atoms with Crippen LogP contribution in [-0.4, -0.2) is 29.2 Å². The smallest absolute Gasteiger partial charge is 0.287 e. The van der Waals surface area contributed by atoms with Crippen LogP contribution in [0, 0.1) is 5.41 Å². The lowest BCUT2D eigenvalue weighted by atomic mass is 9.86. The SMILES string of the molecule is CC(CC(C)(C)C)N(CC(F)(F)F)C(C)(C)C. The third-order valence-electron chi connectivity index (χ3n) is 2.65. The second-order valence-electron chi connectivity index (χ2n) is 7.03. The summed E-state index contributed by atoms with van der Waals surface area (Å²) >= 11 is 0. The maximum Gasteiger partial charge on any atom is 0.401 e. The summed E-state index contributed by atoms with van der Waals surface area (Å²) in [4.78, 5) is 1.54. The largest absolute Gasteiger partial charge is 0.401 e. The zero-order valence-corrected chi connectivity index (χ0v) is 12.1. The Morgan fingerprint density at radius 3 is 1.59 bits per heavy atom. The molecule has 0 saturated carbocycles.